The molecule has 0 bridgehead atoms. The minimum Gasteiger partial charge on any atom is -0.481 e. The van der Waals surface area contributed by atoms with E-state index in [1.165, 1.54) is 7.11 Å². The second-order valence-electron chi connectivity index (χ2n) is 6.02. The van der Waals surface area contributed by atoms with Crippen LogP contribution in [0.1, 0.15) is 31.4 Å². The number of amides is 1. The van der Waals surface area contributed by atoms with E-state index in [-0.39, 0.29) is 12.3 Å². The molecule has 1 amide bonds. The maximum absolute atomic E-state index is 12.6. The summed E-state index contributed by atoms with van der Waals surface area (Å²) in [6.45, 7) is 1.82. The number of nitrogens with one attached hydrogen (secondary N) is 1. The van der Waals surface area contributed by atoms with E-state index in [9.17, 15) is 9.59 Å². The Labute approximate surface area is 173 Å². The van der Waals surface area contributed by atoms with Crippen LogP contribution in [-0.2, 0) is 14.3 Å². The van der Waals surface area contributed by atoms with Gasteiger partial charge in [0.05, 0.1) is 17.5 Å². The highest BCUT2D eigenvalue weighted by Crippen LogP contribution is 2.29. The quantitative estimate of drug-likeness (QED) is 0.593. The fraction of sp³-hybridized carbons (Fsp3) is 0.300. The molecule has 0 spiro atoms. The lowest BCUT2D eigenvalue weighted by atomic mass is 10.1. The van der Waals surface area contributed by atoms with Crippen molar-refractivity contribution in [1.82, 2.24) is 0 Å². The van der Waals surface area contributed by atoms with Gasteiger partial charge in [0, 0.05) is 23.9 Å². The Balaban J connectivity index is 2.05. The van der Waals surface area contributed by atoms with Crippen molar-refractivity contribution in [1.29, 1.82) is 0 Å². The Morgan fingerprint density at radius 3 is 2.39 bits per heavy atom. The fourth-order valence-corrected chi connectivity index (χ4v) is 2.87. The first-order valence-corrected chi connectivity index (χ1v) is 9.36. The minimum atomic E-state index is -0.952. The first kappa shape index (κ1) is 22.0. The summed E-state index contributed by atoms with van der Waals surface area (Å²) < 4.78 is 10.9. The standard InChI is InChI=1S/C20H21Cl2NO5/c1-3-16(28-18-10-13(21)6-9-15(18)22)20(26)23-14-7-4-12(5-8-14)17(27-2)11-19(24)25/h4-10,16-17H,3,11H2,1-2H3,(H,23,26)(H,24,25)/t16-,17+/m1/s1. The van der Waals surface area contributed by atoms with Gasteiger partial charge < -0.3 is 19.9 Å². The van der Waals surface area contributed by atoms with Gasteiger partial charge in [-0.2, -0.15) is 0 Å². The van der Waals surface area contributed by atoms with Crippen molar-refractivity contribution >= 4 is 40.8 Å². The van der Waals surface area contributed by atoms with Gasteiger partial charge in [-0.1, -0.05) is 42.3 Å². The van der Waals surface area contributed by atoms with Gasteiger partial charge in [0.25, 0.3) is 5.91 Å². The summed E-state index contributed by atoms with van der Waals surface area (Å²) in [7, 11) is 1.45. The second-order valence-corrected chi connectivity index (χ2v) is 6.87. The number of anilines is 1. The van der Waals surface area contributed by atoms with Crippen molar-refractivity contribution in [3.05, 3.63) is 58.1 Å². The van der Waals surface area contributed by atoms with Crippen LogP contribution < -0.4 is 10.1 Å². The highest BCUT2D eigenvalue weighted by atomic mass is 35.5. The molecule has 2 aromatic rings. The van der Waals surface area contributed by atoms with Crippen LogP contribution in [0.3, 0.4) is 0 Å². The molecular formula is C20H21Cl2NO5. The zero-order valence-corrected chi connectivity index (χ0v) is 17.0. The second kappa shape index (κ2) is 10.3. The molecule has 150 valence electrons. The first-order valence-electron chi connectivity index (χ1n) is 8.61. The molecule has 0 saturated heterocycles. The van der Waals surface area contributed by atoms with E-state index in [2.05, 4.69) is 5.32 Å². The average molecular weight is 426 g/mol. The van der Waals surface area contributed by atoms with Crippen LogP contribution in [-0.4, -0.2) is 30.2 Å². The fourth-order valence-electron chi connectivity index (χ4n) is 2.54. The first-order chi connectivity index (χ1) is 13.3. The van der Waals surface area contributed by atoms with Crippen molar-refractivity contribution in [2.45, 2.75) is 32.0 Å². The molecule has 8 heteroatoms. The van der Waals surface area contributed by atoms with Crippen molar-refractivity contribution in [2.75, 3.05) is 12.4 Å². The van der Waals surface area contributed by atoms with E-state index in [0.717, 1.165) is 0 Å². The number of hydrogen-bond donors (Lipinski definition) is 2. The largest absolute Gasteiger partial charge is 0.481 e. The molecule has 0 saturated carbocycles. The van der Waals surface area contributed by atoms with Crippen LogP contribution in [0.25, 0.3) is 0 Å². The van der Waals surface area contributed by atoms with E-state index in [0.29, 0.717) is 33.5 Å². The van der Waals surface area contributed by atoms with Gasteiger partial charge in [0.15, 0.2) is 6.10 Å². The van der Waals surface area contributed by atoms with Gasteiger partial charge in [-0.05, 0) is 36.2 Å². The van der Waals surface area contributed by atoms with Crippen LogP contribution in [0.4, 0.5) is 5.69 Å². The number of methoxy groups -OCH3 is 1. The summed E-state index contributed by atoms with van der Waals surface area (Å²) in [4.78, 5) is 23.4. The third kappa shape index (κ3) is 6.12. The van der Waals surface area contributed by atoms with E-state index in [4.69, 9.17) is 37.8 Å². The van der Waals surface area contributed by atoms with Crippen LogP contribution >= 0.6 is 23.2 Å². The molecule has 0 fully saturated rings. The average Bonchev–Trinajstić information content (AvgIpc) is 2.67. The van der Waals surface area contributed by atoms with Gasteiger partial charge >= 0.3 is 5.97 Å². The summed E-state index contributed by atoms with van der Waals surface area (Å²) >= 11 is 12.0. The molecule has 6 nitrogen and oxygen atoms in total. The molecule has 0 radical (unpaired) electrons. The van der Waals surface area contributed by atoms with Crippen LogP contribution in [0.15, 0.2) is 42.5 Å². The number of ether oxygens (including phenoxy) is 2. The number of aliphatic carboxylic acids is 1. The molecule has 0 aliphatic heterocycles. The zero-order valence-electron chi connectivity index (χ0n) is 15.4. The van der Waals surface area contributed by atoms with Gasteiger partial charge in [0.1, 0.15) is 5.75 Å². The minimum absolute atomic E-state index is 0.144. The Kier molecular flexibility index (Phi) is 8.11. The summed E-state index contributed by atoms with van der Waals surface area (Å²) in [5.74, 6) is -0.949. The summed E-state index contributed by atoms with van der Waals surface area (Å²) in [6.07, 6.45) is -1.03. The monoisotopic (exact) mass is 425 g/mol. The number of carbonyl (C=O) groups is 2. The third-order valence-corrected chi connectivity index (χ3v) is 4.57. The van der Waals surface area contributed by atoms with Crippen LogP contribution in [0.5, 0.6) is 5.75 Å². The lowest BCUT2D eigenvalue weighted by Gasteiger charge is -2.19. The van der Waals surface area contributed by atoms with Gasteiger partial charge in [-0.3, -0.25) is 9.59 Å². The third-order valence-electron chi connectivity index (χ3n) is 4.02. The maximum atomic E-state index is 12.6. The van der Waals surface area contributed by atoms with Crippen LogP contribution in [0.2, 0.25) is 10.0 Å². The normalized spacial score (nSPS) is 12.9. The van der Waals surface area contributed by atoms with Crippen molar-refractivity contribution in [3.8, 4) is 5.75 Å². The van der Waals surface area contributed by atoms with Crippen molar-refractivity contribution in [2.24, 2.45) is 0 Å². The molecule has 2 atom stereocenters. The van der Waals surface area contributed by atoms with Gasteiger partial charge in [0.2, 0.25) is 0 Å². The van der Waals surface area contributed by atoms with Gasteiger partial charge in [-0.15, -0.1) is 0 Å². The molecule has 0 aliphatic rings. The van der Waals surface area contributed by atoms with E-state index in [1.807, 2.05) is 6.92 Å². The zero-order chi connectivity index (χ0) is 20.7. The SMILES string of the molecule is CC[C@@H](Oc1cc(Cl)ccc1Cl)C(=O)Nc1ccc([C@H](CC(=O)O)OC)cc1. The topological polar surface area (TPSA) is 84.9 Å². The molecule has 2 N–H and O–H groups in total. The summed E-state index contributed by atoms with van der Waals surface area (Å²) in [6, 6.07) is 11.6. The van der Waals surface area contributed by atoms with E-state index < -0.39 is 18.2 Å². The Hall–Kier alpha value is -2.28. The molecule has 0 unspecified atom stereocenters. The number of halogens is 2. The van der Waals surface area contributed by atoms with Crippen molar-refractivity contribution < 1.29 is 24.2 Å². The predicted molar refractivity (Wildman–Crippen MR) is 108 cm³/mol. The van der Waals surface area contributed by atoms with Crippen LogP contribution in [0, 0.1) is 0 Å². The lowest BCUT2D eigenvalue weighted by Crippen LogP contribution is -2.32. The molecule has 0 heterocycles. The number of benzene rings is 2. The number of hydrogen-bond acceptors (Lipinski definition) is 4. The molecule has 0 aliphatic carbocycles. The van der Waals surface area contributed by atoms with E-state index in [1.54, 1.807) is 42.5 Å². The number of carboxylic acid groups (broad SMARTS) is 1. The molecular weight excluding hydrogens is 405 g/mol. The predicted octanol–water partition coefficient (Wildman–Crippen LogP) is 4.95. The number of carbonyl (C=O) groups excluding carboxylic acids is 1. The van der Waals surface area contributed by atoms with E-state index >= 15 is 0 Å². The molecule has 0 aromatic heterocycles. The maximum Gasteiger partial charge on any atom is 0.306 e. The summed E-state index contributed by atoms with van der Waals surface area (Å²) in [5, 5.41) is 12.5. The highest BCUT2D eigenvalue weighted by molar-refractivity contribution is 6.34. The molecule has 2 aromatic carbocycles. The smallest absolute Gasteiger partial charge is 0.306 e. The van der Waals surface area contributed by atoms with Crippen molar-refractivity contribution in [3.63, 3.8) is 0 Å². The highest BCUT2D eigenvalue weighted by Gasteiger charge is 2.20. The Morgan fingerprint density at radius 2 is 1.82 bits per heavy atom. The van der Waals surface area contributed by atoms with Gasteiger partial charge in [-0.25, -0.2) is 0 Å². The Bertz CT molecular complexity index is 826. The molecule has 28 heavy (non-hydrogen) atoms. The summed E-state index contributed by atoms with van der Waals surface area (Å²) in [5.41, 5.74) is 1.26. The number of carboxylic acids is 1. The lowest BCUT2D eigenvalue weighted by molar-refractivity contribution is -0.139. The molecule has 2 rings (SSSR count). The Morgan fingerprint density at radius 1 is 1.14 bits per heavy atom. The number of rotatable bonds is 9.